The number of piperazine rings is 1. The Kier molecular flexibility index (Phi) is 7.98. The number of aryl methyl sites for hydroxylation is 1. The van der Waals surface area contributed by atoms with E-state index in [9.17, 15) is 9.50 Å². The van der Waals surface area contributed by atoms with Crippen LogP contribution in [0.15, 0.2) is 30.5 Å². The number of benzene rings is 3. The molecule has 2 bridgehead atoms. The Balaban J connectivity index is 1.27. The van der Waals surface area contributed by atoms with E-state index >= 15 is 8.78 Å². The molecule has 0 radical (unpaired) electrons. The number of aromatic hydroxyl groups is 1. The maximum atomic E-state index is 17.7. The van der Waals surface area contributed by atoms with Gasteiger partial charge in [-0.15, -0.1) is 6.42 Å². The highest BCUT2D eigenvalue weighted by molar-refractivity contribution is 6.18. The van der Waals surface area contributed by atoms with Gasteiger partial charge in [0.15, 0.2) is 5.82 Å². The monoisotopic (exact) mass is 711 g/mol. The van der Waals surface area contributed by atoms with E-state index in [0.717, 1.165) is 51.9 Å². The largest absolute Gasteiger partial charge is 0.508 e. The van der Waals surface area contributed by atoms with Gasteiger partial charge in [0.05, 0.1) is 23.1 Å². The molecular formula is C39H40F3N7O3. The van der Waals surface area contributed by atoms with E-state index < -0.39 is 23.3 Å². The third kappa shape index (κ3) is 5.17. The molecule has 4 saturated heterocycles. The molecule has 0 saturated carbocycles. The van der Waals surface area contributed by atoms with Crippen LogP contribution in [0.2, 0.25) is 0 Å². The summed E-state index contributed by atoms with van der Waals surface area (Å²) in [5.41, 5.74) is 0.0385. The minimum Gasteiger partial charge on any atom is -0.508 e. The molecule has 13 heteroatoms. The maximum Gasteiger partial charge on any atom is 0.319 e. The first-order chi connectivity index (χ1) is 25.2. The summed E-state index contributed by atoms with van der Waals surface area (Å²) in [7, 11) is 3.46. The fourth-order valence-corrected chi connectivity index (χ4v) is 9.56. The van der Waals surface area contributed by atoms with E-state index in [1.54, 1.807) is 18.8 Å². The lowest BCUT2D eigenvalue weighted by atomic mass is 9.91. The van der Waals surface area contributed by atoms with Crippen molar-refractivity contribution in [2.24, 2.45) is 7.05 Å². The molecule has 6 heterocycles. The van der Waals surface area contributed by atoms with Crippen LogP contribution >= 0.6 is 0 Å². The van der Waals surface area contributed by atoms with Crippen LogP contribution in [0, 0.1) is 24.0 Å². The second-order valence-corrected chi connectivity index (χ2v) is 14.9. The van der Waals surface area contributed by atoms with Gasteiger partial charge in [0, 0.05) is 81.4 Å². The van der Waals surface area contributed by atoms with Gasteiger partial charge in [0.25, 0.3) is 0 Å². The van der Waals surface area contributed by atoms with E-state index in [1.807, 2.05) is 6.20 Å². The zero-order chi connectivity index (χ0) is 35.9. The van der Waals surface area contributed by atoms with Crippen molar-refractivity contribution in [3.05, 3.63) is 47.7 Å². The van der Waals surface area contributed by atoms with Gasteiger partial charge in [-0.1, -0.05) is 12.0 Å². The summed E-state index contributed by atoms with van der Waals surface area (Å²) in [4.78, 5) is 16.7. The SMILES string of the molecule is C#Cc1c(F)ccc2cc(O)cc(-c3c(F)c4nc(OC[C@@]56CCCN5C[C@H](F)C6)nc(N5[C@@H]6CC[C@H]5CN(CCOC)C6)c4c4cn(C)nc34)c12. The van der Waals surface area contributed by atoms with Crippen molar-refractivity contribution >= 4 is 38.4 Å². The van der Waals surface area contributed by atoms with Crippen molar-refractivity contribution in [1.82, 2.24) is 29.5 Å². The Morgan fingerprint density at radius 2 is 1.88 bits per heavy atom. The van der Waals surface area contributed by atoms with Crippen molar-refractivity contribution in [2.75, 3.05) is 57.9 Å². The number of halogens is 3. The third-order valence-corrected chi connectivity index (χ3v) is 11.7. The minimum absolute atomic E-state index is 0.0106. The number of nitrogens with zero attached hydrogens (tertiary/aromatic N) is 7. The number of hydrogen-bond acceptors (Lipinski definition) is 9. The zero-order valence-corrected chi connectivity index (χ0v) is 29.2. The van der Waals surface area contributed by atoms with Crippen LogP contribution in [0.1, 0.15) is 37.7 Å². The number of likely N-dealkylation sites (tertiary alicyclic amines) is 1. The number of rotatable bonds is 8. The Labute approximate surface area is 299 Å². The van der Waals surface area contributed by atoms with Crippen LogP contribution in [-0.2, 0) is 11.8 Å². The van der Waals surface area contributed by atoms with Gasteiger partial charge in [-0.05, 0) is 61.4 Å². The molecular weight excluding hydrogens is 671 g/mol. The molecule has 4 atom stereocenters. The van der Waals surface area contributed by atoms with Gasteiger partial charge < -0.3 is 19.5 Å². The van der Waals surface area contributed by atoms with Gasteiger partial charge >= 0.3 is 6.01 Å². The predicted octanol–water partition coefficient (Wildman–Crippen LogP) is 5.56. The summed E-state index contributed by atoms with van der Waals surface area (Å²) >= 11 is 0. The van der Waals surface area contributed by atoms with Crippen LogP contribution in [0.4, 0.5) is 19.0 Å². The lowest BCUT2D eigenvalue weighted by molar-refractivity contribution is 0.107. The van der Waals surface area contributed by atoms with Gasteiger partial charge in [0.2, 0.25) is 0 Å². The first-order valence-corrected chi connectivity index (χ1v) is 18.0. The summed E-state index contributed by atoms with van der Waals surface area (Å²) in [6.45, 7) is 4.40. The highest BCUT2D eigenvalue weighted by Crippen LogP contribution is 2.47. The third-order valence-electron chi connectivity index (χ3n) is 11.7. The predicted molar refractivity (Wildman–Crippen MR) is 192 cm³/mol. The number of methoxy groups -OCH3 is 1. The lowest BCUT2D eigenvalue weighted by Gasteiger charge is -2.42. The number of aromatic nitrogens is 4. The molecule has 0 amide bonds. The first kappa shape index (κ1) is 33.2. The normalized spacial score (nSPS) is 24.8. The molecule has 3 aromatic carbocycles. The number of anilines is 1. The van der Waals surface area contributed by atoms with E-state index in [-0.39, 0.29) is 58.0 Å². The van der Waals surface area contributed by atoms with Gasteiger partial charge in [-0.2, -0.15) is 15.1 Å². The molecule has 4 aliphatic rings. The van der Waals surface area contributed by atoms with E-state index in [0.29, 0.717) is 47.1 Å². The maximum absolute atomic E-state index is 17.7. The Hall–Kier alpha value is -4.64. The van der Waals surface area contributed by atoms with Crippen LogP contribution in [0.3, 0.4) is 0 Å². The van der Waals surface area contributed by atoms with Crippen molar-refractivity contribution in [3.63, 3.8) is 0 Å². The average Bonchev–Trinajstić information content (AvgIpc) is 3.85. The molecule has 2 aromatic heterocycles. The Morgan fingerprint density at radius 1 is 1.08 bits per heavy atom. The molecule has 4 aliphatic heterocycles. The average molecular weight is 712 g/mol. The van der Waals surface area contributed by atoms with Gasteiger partial charge in [0.1, 0.15) is 41.2 Å². The number of fused-ring (bicyclic) bond motifs is 7. The number of terminal acetylenes is 1. The number of hydrogen-bond donors (Lipinski definition) is 1. The fraction of sp³-hybridized carbons (Fsp3) is 0.462. The standard InChI is InChI=1S/C39H40F3N7O3/c1-4-27-30(41)9-6-22-14-26(50)15-28(31(22)27)32-34(42)36-33(29-20-46(2)45-35(29)32)37(49-24-7-8-25(49)19-47(18-24)12-13-51-3)44-38(43-36)52-21-39-10-5-11-48(39)17-23(40)16-39/h1,6,9,14-15,20,23-25,50H,5,7-8,10-13,16-19,21H2,2-3H3/t23-,24-,25+,39+/m1/s1. The van der Waals surface area contributed by atoms with E-state index in [2.05, 4.69) is 20.6 Å². The Bertz CT molecular complexity index is 2280. The van der Waals surface area contributed by atoms with E-state index in [4.69, 9.17) is 31.0 Å². The summed E-state index contributed by atoms with van der Waals surface area (Å²) in [6.07, 6.45) is 10.7. The molecule has 0 spiro atoms. The summed E-state index contributed by atoms with van der Waals surface area (Å²) < 4.78 is 61.0. The topological polar surface area (TPSA) is 92.0 Å². The fourth-order valence-electron chi connectivity index (χ4n) is 9.56. The van der Waals surface area contributed by atoms with Crippen LogP contribution in [-0.4, -0.2) is 111 Å². The molecule has 5 aromatic rings. The van der Waals surface area contributed by atoms with Crippen molar-refractivity contribution in [2.45, 2.75) is 55.9 Å². The number of ether oxygens (including phenoxy) is 2. The van der Waals surface area contributed by atoms with Crippen molar-refractivity contribution in [3.8, 4) is 35.2 Å². The van der Waals surface area contributed by atoms with Crippen molar-refractivity contribution < 1.29 is 27.8 Å². The van der Waals surface area contributed by atoms with Crippen LogP contribution < -0.4 is 9.64 Å². The van der Waals surface area contributed by atoms with Gasteiger partial charge in [-0.3, -0.25) is 14.5 Å². The molecule has 1 N–H and O–H groups in total. The zero-order valence-electron chi connectivity index (χ0n) is 29.2. The van der Waals surface area contributed by atoms with Crippen molar-refractivity contribution in [1.29, 1.82) is 0 Å². The Morgan fingerprint density at radius 3 is 2.65 bits per heavy atom. The number of phenols is 1. The lowest BCUT2D eigenvalue weighted by Crippen LogP contribution is -2.54. The quantitative estimate of drug-likeness (QED) is 0.208. The second-order valence-electron chi connectivity index (χ2n) is 14.9. The molecule has 0 aliphatic carbocycles. The summed E-state index contributed by atoms with van der Waals surface area (Å²) in [5.74, 6) is 1.51. The molecule has 4 fully saturated rings. The molecule has 0 unspecified atom stereocenters. The number of phenolic OH excluding ortho intramolecular Hbond substituents is 1. The smallest absolute Gasteiger partial charge is 0.319 e. The van der Waals surface area contributed by atoms with Crippen LogP contribution in [0.25, 0.3) is 43.7 Å². The van der Waals surface area contributed by atoms with Crippen LogP contribution in [0.5, 0.6) is 11.8 Å². The second kappa shape index (κ2) is 12.5. The van der Waals surface area contributed by atoms with E-state index in [1.165, 1.54) is 24.3 Å². The minimum atomic E-state index is -0.935. The molecule has 52 heavy (non-hydrogen) atoms. The molecule has 10 nitrogen and oxygen atoms in total. The van der Waals surface area contributed by atoms with Gasteiger partial charge in [-0.25, -0.2) is 13.2 Å². The highest BCUT2D eigenvalue weighted by atomic mass is 19.1. The molecule has 9 rings (SSSR count). The number of alkyl halides is 1. The molecule has 270 valence electrons. The summed E-state index contributed by atoms with van der Waals surface area (Å²) in [6, 6.07) is 5.84. The highest BCUT2D eigenvalue weighted by Gasteiger charge is 2.49. The summed E-state index contributed by atoms with van der Waals surface area (Å²) in [5, 5.41) is 17.4. The first-order valence-electron chi connectivity index (χ1n) is 18.0.